The molecule has 2 N–H and O–H groups in total. The molecule has 0 saturated heterocycles. The van der Waals surface area contributed by atoms with Crippen molar-refractivity contribution in [2.75, 3.05) is 6.54 Å². The van der Waals surface area contributed by atoms with Gasteiger partial charge in [0.05, 0.1) is 11.5 Å². The number of nitrogens with zero attached hydrogens (tertiary/aromatic N) is 3. The molecule has 0 aliphatic heterocycles. The summed E-state index contributed by atoms with van der Waals surface area (Å²) in [7, 11) is 0. The van der Waals surface area contributed by atoms with E-state index in [-0.39, 0.29) is 0 Å². The molecule has 82 valence electrons. The van der Waals surface area contributed by atoms with Crippen LogP contribution in [0.5, 0.6) is 0 Å². The van der Waals surface area contributed by atoms with E-state index in [4.69, 9.17) is 18.0 Å². The van der Waals surface area contributed by atoms with Gasteiger partial charge in [-0.15, -0.1) is 0 Å². The van der Waals surface area contributed by atoms with Crippen LogP contribution in [0.25, 0.3) is 0 Å². The third kappa shape index (κ3) is 4.31. The molecule has 0 aromatic carbocycles. The maximum Gasteiger partial charge on any atom is 0.142 e. The highest BCUT2D eigenvalue weighted by molar-refractivity contribution is 7.80. The number of aromatic nitrogens is 2. The normalized spacial score (nSPS) is 10.9. The molecule has 5 heteroatoms. The maximum absolute atomic E-state index is 5.53. The van der Waals surface area contributed by atoms with Crippen LogP contribution in [0.15, 0.2) is 18.5 Å². The smallest absolute Gasteiger partial charge is 0.142 e. The van der Waals surface area contributed by atoms with Gasteiger partial charge in [0, 0.05) is 25.0 Å². The van der Waals surface area contributed by atoms with Crippen molar-refractivity contribution in [3.05, 3.63) is 24.3 Å². The average Bonchev–Trinajstić information content (AvgIpc) is 2.17. The molecule has 0 unspecified atom stereocenters. The van der Waals surface area contributed by atoms with Crippen LogP contribution in [0.4, 0.5) is 0 Å². The first kappa shape index (κ1) is 12.0. The molecule has 4 nitrogen and oxygen atoms in total. The van der Waals surface area contributed by atoms with Gasteiger partial charge in [-0.1, -0.05) is 12.2 Å². The van der Waals surface area contributed by atoms with Crippen molar-refractivity contribution in [3.8, 4) is 0 Å². The number of hydrogen-bond acceptors (Lipinski definition) is 4. The van der Waals surface area contributed by atoms with E-state index in [9.17, 15) is 0 Å². The van der Waals surface area contributed by atoms with Crippen LogP contribution in [-0.4, -0.2) is 32.4 Å². The molecule has 0 bridgehead atoms. The summed E-state index contributed by atoms with van der Waals surface area (Å²) in [6.45, 7) is 5.48. The zero-order valence-electron chi connectivity index (χ0n) is 9.05. The summed E-state index contributed by atoms with van der Waals surface area (Å²) in [5, 5.41) is 0. The molecule has 1 heterocycles. The summed E-state index contributed by atoms with van der Waals surface area (Å²) < 4.78 is 0. The molecule has 1 aromatic rings. The minimum Gasteiger partial charge on any atom is -0.392 e. The van der Waals surface area contributed by atoms with Crippen LogP contribution in [0.3, 0.4) is 0 Å². The summed E-state index contributed by atoms with van der Waals surface area (Å²) in [6.07, 6.45) is 3.48. The minimum absolute atomic E-state index is 0.371. The Kier molecular flexibility index (Phi) is 4.58. The van der Waals surface area contributed by atoms with E-state index in [2.05, 4.69) is 28.7 Å². The van der Waals surface area contributed by atoms with Gasteiger partial charge in [0.15, 0.2) is 0 Å². The summed E-state index contributed by atoms with van der Waals surface area (Å²) in [5.74, 6) is 0.794. The van der Waals surface area contributed by atoms with Crippen molar-refractivity contribution in [2.45, 2.75) is 26.4 Å². The van der Waals surface area contributed by atoms with E-state index < -0.39 is 0 Å². The molecular formula is C10H16N4S. The molecule has 0 aliphatic carbocycles. The zero-order chi connectivity index (χ0) is 11.3. The predicted molar refractivity (Wildman–Crippen MR) is 64.4 cm³/mol. The van der Waals surface area contributed by atoms with Crippen molar-refractivity contribution < 1.29 is 0 Å². The van der Waals surface area contributed by atoms with Crippen molar-refractivity contribution in [1.29, 1.82) is 0 Å². The Morgan fingerprint density at radius 1 is 1.47 bits per heavy atom. The van der Waals surface area contributed by atoms with Crippen molar-refractivity contribution in [2.24, 2.45) is 5.73 Å². The number of rotatable bonds is 5. The first-order valence-electron chi connectivity index (χ1n) is 4.88. The van der Waals surface area contributed by atoms with E-state index in [1.807, 2.05) is 0 Å². The van der Waals surface area contributed by atoms with Crippen LogP contribution in [0.1, 0.15) is 19.7 Å². The van der Waals surface area contributed by atoms with Crippen molar-refractivity contribution in [1.82, 2.24) is 14.9 Å². The molecular weight excluding hydrogens is 208 g/mol. The van der Waals surface area contributed by atoms with Crippen LogP contribution >= 0.6 is 12.2 Å². The van der Waals surface area contributed by atoms with Gasteiger partial charge in [0.1, 0.15) is 5.82 Å². The minimum atomic E-state index is 0.371. The van der Waals surface area contributed by atoms with Crippen LogP contribution in [-0.2, 0) is 6.54 Å². The maximum atomic E-state index is 5.53. The molecule has 15 heavy (non-hydrogen) atoms. The van der Waals surface area contributed by atoms with Gasteiger partial charge >= 0.3 is 0 Å². The van der Waals surface area contributed by atoms with Gasteiger partial charge in [-0.2, -0.15) is 0 Å². The Morgan fingerprint density at radius 3 is 2.53 bits per heavy atom. The second kappa shape index (κ2) is 5.72. The second-order valence-corrected chi connectivity index (χ2v) is 4.15. The fraction of sp³-hybridized carbons (Fsp3) is 0.500. The molecule has 1 rings (SSSR count). The Labute approximate surface area is 95.5 Å². The lowest BCUT2D eigenvalue weighted by Gasteiger charge is -2.24. The van der Waals surface area contributed by atoms with E-state index in [0.717, 1.165) is 5.82 Å². The molecule has 0 saturated carbocycles. The SMILES string of the molecule is CC(C)N(CC(N)=S)Cc1ncccn1. The topological polar surface area (TPSA) is 55.0 Å². The number of hydrogen-bond donors (Lipinski definition) is 1. The number of thiocarbonyl (C=S) groups is 1. The van der Waals surface area contributed by atoms with Crippen LogP contribution < -0.4 is 5.73 Å². The van der Waals surface area contributed by atoms with Gasteiger partial charge in [-0.25, -0.2) is 9.97 Å². The first-order chi connectivity index (χ1) is 7.09. The zero-order valence-corrected chi connectivity index (χ0v) is 9.87. The Hall–Kier alpha value is -1.07. The third-order valence-electron chi connectivity index (χ3n) is 2.05. The van der Waals surface area contributed by atoms with E-state index in [0.29, 0.717) is 24.1 Å². The lowest BCUT2D eigenvalue weighted by Crippen LogP contribution is -2.37. The van der Waals surface area contributed by atoms with Gasteiger partial charge in [0.2, 0.25) is 0 Å². The molecule has 0 atom stereocenters. The highest BCUT2D eigenvalue weighted by Gasteiger charge is 2.12. The van der Waals surface area contributed by atoms with Gasteiger partial charge < -0.3 is 5.73 Å². The summed E-state index contributed by atoms with van der Waals surface area (Å²) in [4.78, 5) is 11.0. The summed E-state index contributed by atoms with van der Waals surface area (Å²) in [6, 6.07) is 2.17. The number of nitrogens with two attached hydrogens (primary N) is 1. The van der Waals surface area contributed by atoms with Crippen LogP contribution in [0, 0.1) is 0 Å². The highest BCUT2D eigenvalue weighted by Crippen LogP contribution is 2.03. The molecule has 0 aliphatic rings. The average molecular weight is 224 g/mol. The van der Waals surface area contributed by atoms with Gasteiger partial charge in [-0.05, 0) is 19.9 Å². The molecule has 0 spiro atoms. The largest absolute Gasteiger partial charge is 0.392 e. The van der Waals surface area contributed by atoms with Crippen LogP contribution in [0.2, 0.25) is 0 Å². The van der Waals surface area contributed by atoms with E-state index in [1.165, 1.54) is 0 Å². The Balaban J connectivity index is 2.63. The molecule has 1 aromatic heterocycles. The van der Waals surface area contributed by atoms with E-state index in [1.54, 1.807) is 18.5 Å². The van der Waals surface area contributed by atoms with Crippen molar-refractivity contribution >= 4 is 17.2 Å². The Morgan fingerprint density at radius 2 is 2.07 bits per heavy atom. The van der Waals surface area contributed by atoms with Gasteiger partial charge in [-0.3, -0.25) is 4.90 Å². The quantitative estimate of drug-likeness (QED) is 0.755. The highest BCUT2D eigenvalue weighted by atomic mass is 32.1. The fourth-order valence-corrected chi connectivity index (χ4v) is 1.38. The summed E-state index contributed by atoms with van der Waals surface area (Å²) in [5.41, 5.74) is 5.53. The lowest BCUT2D eigenvalue weighted by atomic mass is 10.3. The Bertz CT molecular complexity index is 312. The third-order valence-corrected chi connectivity index (χ3v) is 2.18. The fourth-order valence-electron chi connectivity index (χ4n) is 1.21. The predicted octanol–water partition coefficient (Wildman–Crippen LogP) is 0.973. The molecule has 0 radical (unpaired) electrons. The first-order valence-corrected chi connectivity index (χ1v) is 5.28. The molecule has 0 amide bonds. The monoisotopic (exact) mass is 224 g/mol. The second-order valence-electron chi connectivity index (χ2n) is 3.63. The van der Waals surface area contributed by atoms with Gasteiger partial charge in [0.25, 0.3) is 0 Å². The van der Waals surface area contributed by atoms with Crippen molar-refractivity contribution in [3.63, 3.8) is 0 Å². The standard InChI is InChI=1S/C10H16N4S/c1-8(2)14(6-9(11)15)7-10-12-4-3-5-13-10/h3-5,8H,6-7H2,1-2H3,(H2,11,15). The lowest BCUT2D eigenvalue weighted by molar-refractivity contribution is 0.239. The molecule has 0 fully saturated rings. The van der Waals surface area contributed by atoms with E-state index >= 15 is 0 Å². The summed E-state index contributed by atoms with van der Waals surface area (Å²) >= 11 is 4.90.